The Morgan fingerprint density at radius 3 is 2.29 bits per heavy atom. The summed E-state index contributed by atoms with van der Waals surface area (Å²) in [6.45, 7) is 0. The van der Waals surface area contributed by atoms with Crippen molar-refractivity contribution < 1.29 is 0 Å². The van der Waals surface area contributed by atoms with Crippen LogP contribution in [-0.2, 0) is 0 Å². The van der Waals surface area contributed by atoms with Crippen LogP contribution in [0.3, 0.4) is 0 Å². The second-order valence-electron chi connectivity index (χ2n) is 2.42. The van der Waals surface area contributed by atoms with Gasteiger partial charge in [0.05, 0.1) is 10.4 Å². The predicted molar refractivity (Wildman–Crippen MR) is 57.4 cm³/mol. The molecule has 0 fully saturated rings. The van der Waals surface area contributed by atoms with Crippen molar-refractivity contribution in [1.82, 2.24) is 15.0 Å². The topological polar surface area (TPSA) is 38.7 Å². The molecule has 0 aliphatic heterocycles. The summed E-state index contributed by atoms with van der Waals surface area (Å²) in [7, 11) is 0. The minimum atomic E-state index is 0.0217. The van der Waals surface area contributed by atoms with E-state index in [0.29, 0.717) is 16.1 Å². The molecular formula is C7HCl4N3. The lowest BCUT2D eigenvalue weighted by Gasteiger charge is -2.01. The summed E-state index contributed by atoms with van der Waals surface area (Å²) >= 11 is 22.9. The molecule has 0 saturated heterocycles. The fourth-order valence-electron chi connectivity index (χ4n) is 0.948. The smallest absolute Gasteiger partial charge is 0.215 e. The van der Waals surface area contributed by atoms with Crippen molar-refractivity contribution in [3.05, 3.63) is 26.7 Å². The molecule has 0 aliphatic carbocycles. The molecule has 0 amide bonds. The van der Waals surface area contributed by atoms with Gasteiger partial charge in [-0.2, -0.15) is 4.98 Å². The molecule has 7 heteroatoms. The van der Waals surface area contributed by atoms with E-state index < -0.39 is 0 Å². The van der Waals surface area contributed by atoms with Gasteiger partial charge in [0.2, 0.25) is 5.28 Å². The summed E-state index contributed by atoms with van der Waals surface area (Å²) in [4.78, 5) is 11.5. The Kier molecular flexibility index (Phi) is 2.66. The van der Waals surface area contributed by atoms with E-state index in [4.69, 9.17) is 46.4 Å². The van der Waals surface area contributed by atoms with Crippen LogP contribution in [0, 0.1) is 0 Å². The highest BCUT2D eigenvalue weighted by atomic mass is 35.5. The third kappa shape index (κ3) is 1.73. The van der Waals surface area contributed by atoms with E-state index in [-0.39, 0.29) is 15.6 Å². The molecule has 0 spiro atoms. The first-order chi connectivity index (χ1) is 6.58. The van der Waals surface area contributed by atoms with Gasteiger partial charge >= 0.3 is 0 Å². The molecule has 14 heavy (non-hydrogen) atoms. The Morgan fingerprint density at radius 1 is 0.857 bits per heavy atom. The number of pyridine rings is 1. The maximum absolute atomic E-state index is 5.81. The van der Waals surface area contributed by atoms with Crippen LogP contribution in [0.2, 0.25) is 20.6 Å². The molecule has 0 N–H and O–H groups in total. The van der Waals surface area contributed by atoms with Gasteiger partial charge < -0.3 is 0 Å². The standard InChI is InChI=1S/C7HCl4N3/c8-3-1-2-4(9)13-7(11)14-6(2)12-5(3)10/h1H. The fourth-order valence-corrected chi connectivity index (χ4v) is 1.66. The second kappa shape index (κ2) is 3.66. The summed E-state index contributed by atoms with van der Waals surface area (Å²) in [6, 6.07) is 1.55. The van der Waals surface area contributed by atoms with Crippen molar-refractivity contribution in [3.63, 3.8) is 0 Å². The Morgan fingerprint density at radius 2 is 1.57 bits per heavy atom. The maximum atomic E-state index is 5.81. The SMILES string of the molecule is Clc1nc(Cl)c2cc(Cl)c(Cl)nc2n1. The molecule has 2 rings (SSSR count). The van der Waals surface area contributed by atoms with Gasteiger partial charge in [-0.3, -0.25) is 0 Å². The van der Waals surface area contributed by atoms with Crippen LogP contribution in [0.5, 0.6) is 0 Å². The minimum absolute atomic E-state index is 0.0217. The van der Waals surface area contributed by atoms with Crippen molar-refractivity contribution in [2.24, 2.45) is 0 Å². The molecule has 0 bridgehead atoms. The lowest BCUT2D eigenvalue weighted by molar-refractivity contribution is 1.18. The normalized spacial score (nSPS) is 10.9. The molecule has 0 saturated carbocycles. The van der Waals surface area contributed by atoms with E-state index >= 15 is 0 Å². The van der Waals surface area contributed by atoms with Crippen LogP contribution in [0.15, 0.2) is 6.07 Å². The molecule has 72 valence electrons. The van der Waals surface area contributed by atoms with Crippen LogP contribution in [0.25, 0.3) is 11.0 Å². The van der Waals surface area contributed by atoms with Crippen LogP contribution in [0.4, 0.5) is 0 Å². The van der Waals surface area contributed by atoms with E-state index in [1.165, 1.54) is 0 Å². The number of halogens is 4. The first kappa shape index (κ1) is 10.2. The van der Waals surface area contributed by atoms with Gasteiger partial charge in [0.25, 0.3) is 0 Å². The fraction of sp³-hybridized carbons (Fsp3) is 0. The van der Waals surface area contributed by atoms with Gasteiger partial charge in [-0.05, 0) is 17.7 Å². The summed E-state index contributed by atoms with van der Waals surface area (Å²) in [5.74, 6) is 0. The lowest BCUT2D eigenvalue weighted by Crippen LogP contribution is -1.90. The highest BCUT2D eigenvalue weighted by Gasteiger charge is 2.09. The Labute approximate surface area is 99.0 Å². The number of aromatic nitrogens is 3. The number of rotatable bonds is 0. The maximum Gasteiger partial charge on any atom is 0.225 e. The quantitative estimate of drug-likeness (QED) is 0.416. The number of hydrogen-bond donors (Lipinski definition) is 0. The van der Waals surface area contributed by atoms with Gasteiger partial charge in [-0.25, -0.2) is 9.97 Å². The van der Waals surface area contributed by atoms with E-state index in [0.717, 1.165) is 0 Å². The largest absolute Gasteiger partial charge is 0.225 e. The summed E-state index contributed by atoms with van der Waals surface area (Å²) in [5.41, 5.74) is 0.324. The average molecular weight is 269 g/mol. The number of nitrogens with zero attached hydrogens (tertiary/aromatic N) is 3. The minimum Gasteiger partial charge on any atom is -0.215 e. The van der Waals surface area contributed by atoms with Gasteiger partial charge in [-0.15, -0.1) is 0 Å². The van der Waals surface area contributed by atoms with Crippen molar-refractivity contribution in [1.29, 1.82) is 0 Å². The molecule has 0 aromatic carbocycles. The second-order valence-corrected chi connectivity index (χ2v) is 3.88. The zero-order valence-corrected chi connectivity index (χ0v) is 9.45. The zero-order valence-electron chi connectivity index (χ0n) is 6.43. The molecule has 2 heterocycles. The summed E-state index contributed by atoms with van der Waals surface area (Å²) in [6.07, 6.45) is 0. The van der Waals surface area contributed by atoms with Crippen LogP contribution in [0.1, 0.15) is 0 Å². The third-order valence-electron chi connectivity index (χ3n) is 1.52. The van der Waals surface area contributed by atoms with E-state index in [1.54, 1.807) is 6.07 Å². The molecular weight excluding hydrogens is 268 g/mol. The third-order valence-corrected chi connectivity index (χ3v) is 2.65. The van der Waals surface area contributed by atoms with Crippen LogP contribution in [-0.4, -0.2) is 15.0 Å². The number of hydrogen-bond acceptors (Lipinski definition) is 3. The Balaban J connectivity index is 2.89. The Bertz CT molecular complexity index is 514. The summed E-state index contributed by atoms with van der Waals surface area (Å²) < 4.78 is 0. The highest BCUT2D eigenvalue weighted by molar-refractivity contribution is 6.42. The molecule has 0 unspecified atom stereocenters. The lowest BCUT2D eigenvalue weighted by atomic mass is 10.3. The molecule has 0 aliphatic rings. The molecule has 0 radical (unpaired) electrons. The van der Waals surface area contributed by atoms with E-state index in [9.17, 15) is 0 Å². The predicted octanol–water partition coefficient (Wildman–Crippen LogP) is 3.64. The van der Waals surface area contributed by atoms with Crippen LogP contribution < -0.4 is 0 Å². The van der Waals surface area contributed by atoms with Crippen LogP contribution >= 0.6 is 46.4 Å². The Hall–Kier alpha value is -0.350. The summed E-state index contributed by atoms with van der Waals surface area (Å²) in [5, 5.41) is 1.20. The monoisotopic (exact) mass is 267 g/mol. The van der Waals surface area contributed by atoms with Crippen molar-refractivity contribution in [3.8, 4) is 0 Å². The van der Waals surface area contributed by atoms with Gasteiger partial charge in [0, 0.05) is 0 Å². The molecule has 3 nitrogen and oxygen atoms in total. The van der Waals surface area contributed by atoms with E-state index in [1.807, 2.05) is 0 Å². The highest BCUT2D eigenvalue weighted by Crippen LogP contribution is 2.27. The first-order valence-electron chi connectivity index (χ1n) is 3.42. The van der Waals surface area contributed by atoms with Crippen molar-refractivity contribution in [2.75, 3.05) is 0 Å². The van der Waals surface area contributed by atoms with Crippen molar-refractivity contribution >= 4 is 57.4 Å². The first-order valence-corrected chi connectivity index (χ1v) is 4.94. The van der Waals surface area contributed by atoms with Crippen molar-refractivity contribution in [2.45, 2.75) is 0 Å². The number of fused-ring (bicyclic) bond motifs is 1. The van der Waals surface area contributed by atoms with Gasteiger partial charge in [-0.1, -0.05) is 34.8 Å². The van der Waals surface area contributed by atoms with Gasteiger partial charge in [0.1, 0.15) is 10.3 Å². The van der Waals surface area contributed by atoms with Gasteiger partial charge in [0.15, 0.2) is 5.65 Å². The average Bonchev–Trinajstić information content (AvgIpc) is 2.08. The van der Waals surface area contributed by atoms with E-state index in [2.05, 4.69) is 15.0 Å². The zero-order chi connectivity index (χ0) is 10.3. The molecule has 2 aromatic rings. The molecule has 2 aromatic heterocycles. The molecule has 0 atom stereocenters.